The van der Waals surface area contributed by atoms with Gasteiger partial charge in [0.05, 0.1) is 26.5 Å². The minimum absolute atomic E-state index is 0.0138. The first-order valence-corrected chi connectivity index (χ1v) is 18.2. The molecule has 0 radical (unpaired) electrons. The second-order valence-corrected chi connectivity index (χ2v) is 15.7. The summed E-state index contributed by atoms with van der Waals surface area (Å²) in [4.78, 5) is 9.49. The van der Waals surface area contributed by atoms with Gasteiger partial charge in [-0.3, -0.25) is 0 Å². The van der Waals surface area contributed by atoms with Crippen molar-refractivity contribution in [2.45, 2.75) is 62.3 Å². The molecule has 4 atom stereocenters. The standard InChI is InChI=1S/C35H40BrF4N5O4S/c1-34(13-6-7-24(19-34)35(38,39)40)23-9-11-28(30(15-23)44(2)3)43-29-18-27(37)32(17-26(29)36)50(46,47)45(33-12-14-41-21-42-33)20-22-8-10-25(48-4)16-31(22)49-5/h6-8,10,12-14,16-18,21,23,28,30,43H,9,11,15,19-20H2,1-5H3/t23-,28-,30-,34?/m0/s1. The largest absolute Gasteiger partial charge is 0.497 e. The van der Waals surface area contributed by atoms with Crippen LogP contribution in [0.25, 0.3) is 0 Å². The first-order valence-electron chi connectivity index (χ1n) is 15.9. The van der Waals surface area contributed by atoms with Crippen LogP contribution in [-0.4, -0.2) is 69.9 Å². The number of allylic oxidation sites excluding steroid dienone is 4. The lowest BCUT2D eigenvalue weighted by atomic mass is 9.63. The lowest BCUT2D eigenvalue weighted by Gasteiger charge is -2.47. The minimum Gasteiger partial charge on any atom is -0.497 e. The summed E-state index contributed by atoms with van der Waals surface area (Å²) < 4.78 is 97.3. The Kier molecular flexibility index (Phi) is 11.2. The molecule has 2 aliphatic rings. The molecule has 2 aliphatic carbocycles. The molecule has 2 aromatic carbocycles. The molecule has 1 N–H and O–H groups in total. The zero-order valence-corrected chi connectivity index (χ0v) is 30.7. The molecule has 1 aromatic heterocycles. The molecule has 0 saturated heterocycles. The Morgan fingerprint density at radius 2 is 1.86 bits per heavy atom. The summed E-state index contributed by atoms with van der Waals surface area (Å²) in [6.07, 6.45) is 4.56. The van der Waals surface area contributed by atoms with Gasteiger partial charge in [0.15, 0.2) is 0 Å². The van der Waals surface area contributed by atoms with E-state index < -0.39 is 37.9 Å². The molecule has 0 amide bonds. The number of nitrogens with one attached hydrogen (secondary N) is 1. The van der Waals surface area contributed by atoms with Gasteiger partial charge in [-0.05, 0) is 91.3 Å². The molecule has 1 unspecified atom stereocenters. The molecule has 0 aliphatic heterocycles. The van der Waals surface area contributed by atoms with Gasteiger partial charge in [0, 0.05) is 46.0 Å². The maximum absolute atomic E-state index is 16.0. The van der Waals surface area contributed by atoms with Crippen LogP contribution >= 0.6 is 15.9 Å². The molecular formula is C35H40BrF4N5O4S. The second kappa shape index (κ2) is 14.9. The summed E-state index contributed by atoms with van der Waals surface area (Å²) in [6, 6.07) is 8.45. The van der Waals surface area contributed by atoms with Crippen LogP contribution in [0.1, 0.15) is 38.2 Å². The highest BCUT2D eigenvalue weighted by Crippen LogP contribution is 2.49. The van der Waals surface area contributed by atoms with Crippen LogP contribution in [0.5, 0.6) is 11.5 Å². The van der Waals surface area contributed by atoms with Crippen LogP contribution in [0.15, 0.2) is 82.1 Å². The molecule has 50 heavy (non-hydrogen) atoms. The van der Waals surface area contributed by atoms with Gasteiger partial charge < -0.3 is 19.7 Å². The smallest absolute Gasteiger partial charge is 0.412 e. The predicted octanol–water partition coefficient (Wildman–Crippen LogP) is 7.76. The fourth-order valence-electron chi connectivity index (χ4n) is 6.89. The number of methoxy groups -OCH3 is 2. The average molecular weight is 783 g/mol. The van der Waals surface area contributed by atoms with Crippen molar-refractivity contribution in [3.63, 3.8) is 0 Å². The van der Waals surface area contributed by atoms with E-state index in [4.69, 9.17) is 9.47 Å². The molecule has 1 saturated carbocycles. The van der Waals surface area contributed by atoms with E-state index in [9.17, 15) is 21.6 Å². The number of aromatic nitrogens is 2. The third-order valence-corrected chi connectivity index (χ3v) is 12.1. The third-order valence-electron chi connectivity index (χ3n) is 9.68. The van der Waals surface area contributed by atoms with Crippen molar-refractivity contribution in [1.29, 1.82) is 0 Å². The number of halogens is 5. The summed E-state index contributed by atoms with van der Waals surface area (Å²) in [5.74, 6) is -0.0768. The van der Waals surface area contributed by atoms with Crippen molar-refractivity contribution in [3.8, 4) is 11.5 Å². The number of rotatable bonds is 11. The van der Waals surface area contributed by atoms with Gasteiger partial charge in [0.1, 0.15) is 34.4 Å². The highest BCUT2D eigenvalue weighted by molar-refractivity contribution is 9.10. The van der Waals surface area contributed by atoms with Crippen LogP contribution in [0.3, 0.4) is 0 Å². The number of sulfonamides is 1. The summed E-state index contributed by atoms with van der Waals surface area (Å²) in [7, 11) is 2.23. The Balaban J connectivity index is 1.40. The van der Waals surface area contributed by atoms with Gasteiger partial charge in [-0.25, -0.2) is 27.1 Å². The predicted molar refractivity (Wildman–Crippen MR) is 187 cm³/mol. The molecule has 15 heteroatoms. The lowest BCUT2D eigenvalue weighted by molar-refractivity contribution is -0.0982. The maximum Gasteiger partial charge on any atom is 0.412 e. The SMILES string of the molecule is COc1ccc(CN(c2ccncn2)S(=O)(=O)c2cc(Br)c(N[C@H]3CC[C@H](C4(C)C=CC=C(C(F)(F)F)C4)C[C@@H]3N(C)C)cc2F)c(OC)c1. The molecule has 0 spiro atoms. The third kappa shape index (κ3) is 7.94. The molecule has 3 aromatic rings. The van der Waals surface area contributed by atoms with E-state index >= 15 is 4.39 Å². The van der Waals surface area contributed by atoms with E-state index in [0.29, 0.717) is 46.5 Å². The van der Waals surface area contributed by atoms with Gasteiger partial charge in [-0.1, -0.05) is 25.2 Å². The normalized spacial score (nSPS) is 22.6. The number of hydrogen-bond acceptors (Lipinski definition) is 8. The number of likely N-dealkylation sites (N-methyl/N-ethyl adjacent to an activating group) is 1. The number of benzene rings is 2. The topological polar surface area (TPSA) is 96.9 Å². The zero-order chi connectivity index (χ0) is 36.4. The number of ether oxygens (including phenoxy) is 2. The number of anilines is 2. The Bertz CT molecular complexity index is 1860. The maximum atomic E-state index is 16.0. The molecule has 9 nitrogen and oxygen atoms in total. The van der Waals surface area contributed by atoms with Crippen LogP contribution in [0.2, 0.25) is 0 Å². The van der Waals surface area contributed by atoms with E-state index in [1.807, 2.05) is 32.0 Å². The van der Waals surface area contributed by atoms with Gasteiger partial charge >= 0.3 is 6.18 Å². The highest BCUT2D eigenvalue weighted by atomic mass is 79.9. The van der Waals surface area contributed by atoms with Crippen molar-refractivity contribution in [2.24, 2.45) is 11.3 Å². The summed E-state index contributed by atoms with van der Waals surface area (Å²) in [5, 5.41) is 3.40. The number of alkyl halides is 3. The van der Waals surface area contributed by atoms with Crippen molar-refractivity contribution >= 4 is 37.5 Å². The van der Waals surface area contributed by atoms with Crippen molar-refractivity contribution in [1.82, 2.24) is 14.9 Å². The Morgan fingerprint density at radius 1 is 1.10 bits per heavy atom. The Morgan fingerprint density at radius 3 is 2.50 bits per heavy atom. The monoisotopic (exact) mass is 781 g/mol. The second-order valence-electron chi connectivity index (χ2n) is 13.0. The van der Waals surface area contributed by atoms with Gasteiger partial charge in [0.2, 0.25) is 0 Å². The average Bonchev–Trinajstić information content (AvgIpc) is 3.08. The highest BCUT2D eigenvalue weighted by Gasteiger charge is 2.45. The van der Waals surface area contributed by atoms with Crippen LogP contribution in [0.4, 0.5) is 29.1 Å². The molecule has 270 valence electrons. The van der Waals surface area contributed by atoms with Gasteiger partial charge in [0.25, 0.3) is 10.0 Å². The molecule has 1 heterocycles. The van der Waals surface area contributed by atoms with E-state index in [1.165, 1.54) is 45.0 Å². The molecular weight excluding hydrogens is 742 g/mol. The first-order chi connectivity index (χ1) is 23.6. The quantitative estimate of drug-likeness (QED) is 0.198. The molecule has 5 rings (SSSR count). The van der Waals surface area contributed by atoms with Crippen LogP contribution in [-0.2, 0) is 16.6 Å². The van der Waals surface area contributed by atoms with Crippen LogP contribution < -0.4 is 19.1 Å². The van der Waals surface area contributed by atoms with E-state index in [-0.39, 0.29) is 36.8 Å². The number of nitrogens with zero attached hydrogens (tertiary/aromatic N) is 4. The van der Waals surface area contributed by atoms with E-state index in [0.717, 1.165) is 16.4 Å². The number of hydrogen-bond donors (Lipinski definition) is 1. The van der Waals surface area contributed by atoms with Crippen molar-refractivity contribution in [3.05, 3.63) is 88.6 Å². The van der Waals surface area contributed by atoms with Crippen molar-refractivity contribution in [2.75, 3.05) is 37.9 Å². The fourth-order valence-corrected chi connectivity index (χ4v) is 8.97. The minimum atomic E-state index is -4.54. The van der Waals surface area contributed by atoms with Gasteiger partial charge in [-0.2, -0.15) is 13.2 Å². The Hall–Kier alpha value is -3.69. The van der Waals surface area contributed by atoms with Crippen LogP contribution in [0, 0.1) is 17.2 Å². The summed E-state index contributed by atoms with van der Waals surface area (Å²) in [6.45, 7) is 1.65. The first kappa shape index (κ1) is 37.6. The lowest BCUT2D eigenvalue weighted by Crippen LogP contribution is -2.50. The summed E-state index contributed by atoms with van der Waals surface area (Å²) >= 11 is 3.47. The molecule has 1 fully saturated rings. The van der Waals surface area contributed by atoms with E-state index in [1.54, 1.807) is 18.2 Å². The summed E-state index contributed by atoms with van der Waals surface area (Å²) in [5.41, 5.74) is -0.345. The zero-order valence-electron chi connectivity index (χ0n) is 28.3. The van der Waals surface area contributed by atoms with E-state index in [2.05, 4.69) is 31.2 Å². The van der Waals surface area contributed by atoms with Crippen molar-refractivity contribution < 1.29 is 35.5 Å². The fraction of sp³-hybridized carbons (Fsp3) is 0.429. The van der Waals surface area contributed by atoms with Gasteiger partial charge in [-0.15, -0.1) is 0 Å². The molecule has 0 bridgehead atoms. The Labute approximate surface area is 298 Å².